The zero-order valence-corrected chi connectivity index (χ0v) is 23.0. The number of carboxylic acids is 1. The molecule has 0 aliphatic carbocycles. The second-order valence-electron chi connectivity index (χ2n) is 10.2. The van der Waals surface area contributed by atoms with Crippen LogP contribution >= 0.6 is 11.6 Å². The molecule has 1 aromatic carbocycles. The molecule has 2 fully saturated rings. The number of nitrogens with two attached hydrogens (primary N) is 1. The van der Waals surface area contributed by atoms with Crippen molar-refractivity contribution < 1.29 is 23.1 Å². The Morgan fingerprint density at radius 2 is 2.05 bits per heavy atom. The van der Waals surface area contributed by atoms with Gasteiger partial charge in [-0.1, -0.05) is 11.6 Å². The number of ketones is 1. The van der Waals surface area contributed by atoms with E-state index in [1.54, 1.807) is 21.7 Å². The summed E-state index contributed by atoms with van der Waals surface area (Å²) in [5, 5.41) is 18.1. The number of rotatable bonds is 7. The molecule has 5 N–H and O–H groups in total. The van der Waals surface area contributed by atoms with E-state index in [9.17, 15) is 23.1 Å². The topological polar surface area (TPSA) is 172 Å². The molecule has 0 saturated carbocycles. The minimum absolute atomic E-state index is 0.171. The number of nitrogens with one attached hydrogen (secondary N) is 2. The summed E-state index contributed by atoms with van der Waals surface area (Å²) < 4.78 is 27.9. The Hall–Kier alpha value is -3.26. The van der Waals surface area contributed by atoms with E-state index in [1.807, 2.05) is 6.92 Å². The number of carbonyl (C=O) groups is 2. The highest BCUT2D eigenvalue weighted by atomic mass is 35.5. The summed E-state index contributed by atoms with van der Waals surface area (Å²) in [5.74, 6) is -1.19. The SMILES string of the molecule is Cc1cn2nc([C@@H]3NCCCC3C(=O)c3cc(Cl)ccc3NS(C)(=O)=O)cc2nc1N1C[C@H](N)C[C@@H]1C(=O)O. The van der Waals surface area contributed by atoms with Crippen molar-refractivity contribution in [1.29, 1.82) is 0 Å². The molecule has 2 aliphatic rings. The maximum atomic E-state index is 13.8. The summed E-state index contributed by atoms with van der Waals surface area (Å²) in [6.07, 6.45) is 4.47. The van der Waals surface area contributed by atoms with Crippen LogP contribution in [0.1, 0.15) is 46.9 Å². The van der Waals surface area contributed by atoms with Crippen LogP contribution in [0.25, 0.3) is 5.65 Å². The van der Waals surface area contributed by atoms with Crippen LogP contribution in [0.2, 0.25) is 5.02 Å². The molecular formula is C25H30ClN7O5S. The predicted molar refractivity (Wildman–Crippen MR) is 147 cm³/mol. The van der Waals surface area contributed by atoms with Gasteiger partial charge < -0.3 is 21.1 Å². The van der Waals surface area contributed by atoms with E-state index in [0.717, 1.165) is 18.2 Å². The number of carbonyl (C=O) groups excluding carboxylic acids is 1. The van der Waals surface area contributed by atoms with E-state index in [4.69, 9.17) is 27.4 Å². The number of benzene rings is 1. The summed E-state index contributed by atoms with van der Waals surface area (Å²) >= 11 is 6.18. The van der Waals surface area contributed by atoms with Gasteiger partial charge in [0, 0.05) is 46.9 Å². The molecule has 3 aromatic rings. The molecule has 208 valence electrons. The first kappa shape index (κ1) is 27.3. The van der Waals surface area contributed by atoms with Gasteiger partial charge in [0.1, 0.15) is 11.9 Å². The van der Waals surface area contributed by atoms with E-state index in [2.05, 4.69) is 10.0 Å². The van der Waals surface area contributed by atoms with Crippen LogP contribution in [-0.2, 0) is 14.8 Å². The van der Waals surface area contributed by atoms with Crippen molar-refractivity contribution in [2.45, 2.75) is 44.3 Å². The summed E-state index contributed by atoms with van der Waals surface area (Å²) in [4.78, 5) is 32.1. The lowest BCUT2D eigenvalue weighted by Crippen LogP contribution is -2.38. The standard InChI is InChI=1S/C25H30ClN7O5S/c1-13-11-33-21(29-24(13)32-12-15(27)9-20(32)25(35)36)10-19(30-33)22-16(4-3-7-28-22)23(34)17-8-14(26)5-6-18(17)31-39(2,37)38/h5-6,8,10-11,15-16,20,22,28,31H,3-4,7,9,12,27H2,1-2H3,(H,35,36)/t15-,16?,20-,22-/m1/s1. The molecule has 39 heavy (non-hydrogen) atoms. The fraction of sp³-hybridized carbons (Fsp3) is 0.440. The van der Waals surface area contributed by atoms with Gasteiger partial charge in [-0.2, -0.15) is 5.10 Å². The Bertz CT molecular complexity index is 1560. The van der Waals surface area contributed by atoms with Crippen LogP contribution in [0.3, 0.4) is 0 Å². The lowest BCUT2D eigenvalue weighted by atomic mass is 9.82. The molecule has 12 nitrogen and oxygen atoms in total. The largest absolute Gasteiger partial charge is 0.480 e. The number of carboxylic acid groups (broad SMARTS) is 1. The molecule has 5 rings (SSSR count). The second-order valence-corrected chi connectivity index (χ2v) is 12.4. The van der Waals surface area contributed by atoms with Gasteiger partial charge in [0.15, 0.2) is 11.4 Å². The molecular weight excluding hydrogens is 546 g/mol. The molecule has 2 aliphatic heterocycles. The molecule has 0 spiro atoms. The molecule has 0 radical (unpaired) electrons. The maximum absolute atomic E-state index is 13.8. The number of aryl methyl sites for hydroxylation is 1. The monoisotopic (exact) mass is 575 g/mol. The number of aliphatic carboxylic acids is 1. The fourth-order valence-corrected chi connectivity index (χ4v) is 6.24. The molecule has 0 amide bonds. The Labute approximate surface area is 230 Å². The van der Waals surface area contributed by atoms with Gasteiger partial charge >= 0.3 is 5.97 Å². The fourth-order valence-electron chi connectivity index (χ4n) is 5.49. The predicted octanol–water partition coefficient (Wildman–Crippen LogP) is 1.98. The van der Waals surface area contributed by atoms with Gasteiger partial charge in [0.2, 0.25) is 10.0 Å². The van der Waals surface area contributed by atoms with Gasteiger partial charge in [0.25, 0.3) is 0 Å². The van der Waals surface area contributed by atoms with Crippen LogP contribution in [0.5, 0.6) is 0 Å². The molecule has 2 saturated heterocycles. The summed E-state index contributed by atoms with van der Waals surface area (Å²) in [5.41, 5.74) is 8.29. The Morgan fingerprint density at radius 3 is 2.77 bits per heavy atom. The summed E-state index contributed by atoms with van der Waals surface area (Å²) in [7, 11) is -3.62. The molecule has 2 aromatic heterocycles. The number of hydrogen-bond donors (Lipinski definition) is 4. The quantitative estimate of drug-likeness (QED) is 0.305. The molecule has 0 bridgehead atoms. The van der Waals surface area contributed by atoms with Crippen molar-refractivity contribution in [3.63, 3.8) is 0 Å². The third-order valence-electron chi connectivity index (χ3n) is 7.17. The molecule has 4 heterocycles. The van der Waals surface area contributed by atoms with Gasteiger partial charge in [0.05, 0.1) is 23.7 Å². The zero-order chi connectivity index (χ0) is 28.1. The third kappa shape index (κ3) is 5.57. The van der Waals surface area contributed by atoms with E-state index in [0.29, 0.717) is 48.1 Å². The number of fused-ring (bicyclic) bond motifs is 1. The third-order valence-corrected chi connectivity index (χ3v) is 8.00. The summed E-state index contributed by atoms with van der Waals surface area (Å²) in [6, 6.07) is 4.79. The smallest absolute Gasteiger partial charge is 0.326 e. The van der Waals surface area contributed by atoms with Gasteiger partial charge in [-0.05, 0) is 50.9 Å². The Balaban J connectivity index is 1.50. The number of nitrogens with zero attached hydrogens (tertiary/aromatic N) is 4. The van der Waals surface area contributed by atoms with Crippen LogP contribution in [0.4, 0.5) is 11.5 Å². The van der Waals surface area contributed by atoms with Crippen molar-refractivity contribution in [1.82, 2.24) is 19.9 Å². The first-order valence-corrected chi connectivity index (χ1v) is 14.8. The van der Waals surface area contributed by atoms with E-state index in [1.165, 1.54) is 18.2 Å². The van der Waals surface area contributed by atoms with Gasteiger partial charge in [-0.3, -0.25) is 9.52 Å². The Morgan fingerprint density at radius 1 is 1.28 bits per heavy atom. The number of sulfonamides is 1. The van der Waals surface area contributed by atoms with Crippen LogP contribution in [0.15, 0.2) is 30.5 Å². The van der Waals surface area contributed by atoms with Crippen molar-refractivity contribution in [3.05, 3.63) is 52.3 Å². The highest BCUT2D eigenvalue weighted by Crippen LogP contribution is 2.35. The van der Waals surface area contributed by atoms with E-state index < -0.39 is 34.0 Å². The number of halogens is 1. The van der Waals surface area contributed by atoms with Crippen molar-refractivity contribution in [3.8, 4) is 0 Å². The number of anilines is 2. The van der Waals surface area contributed by atoms with Crippen molar-refractivity contribution >= 4 is 50.5 Å². The average Bonchev–Trinajstić information content (AvgIpc) is 3.46. The zero-order valence-electron chi connectivity index (χ0n) is 21.5. The van der Waals surface area contributed by atoms with Crippen LogP contribution < -0.4 is 20.7 Å². The van der Waals surface area contributed by atoms with Gasteiger partial charge in [-0.25, -0.2) is 22.7 Å². The second kappa shape index (κ2) is 10.4. The average molecular weight is 576 g/mol. The molecule has 1 unspecified atom stereocenters. The normalized spacial score (nSPS) is 23.7. The summed E-state index contributed by atoms with van der Waals surface area (Å²) in [6.45, 7) is 2.90. The lowest BCUT2D eigenvalue weighted by molar-refractivity contribution is -0.138. The van der Waals surface area contributed by atoms with Crippen molar-refractivity contribution in [2.75, 3.05) is 29.0 Å². The first-order chi connectivity index (χ1) is 18.4. The molecule has 14 heteroatoms. The van der Waals surface area contributed by atoms with Crippen molar-refractivity contribution in [2.24, 2.45) is 11.7 Å². The number of Topliss-reactive ketones (excluding diaryl/α,β-unsaturated/α-hetero) is 1. The van der Waals surface area contributed by atoms with E-state index >= 15 is 0 Å². The minimum atomic E-state index is -3.62. The lowest BCUT2D eigenvalue weighted by Gasteiger charge is -2.31. The Kier molecular flexibility index (Phi) is 7.27. The van der Waals surface area contributed by atoms with E-state index in [-0.39, 0.29) is 23.1 Å². The van der Waals surface area contributed by atoms with Crippen LogP contribution in [0, 0.1) is 12.8 Å². The molecule has 4 atom stereocenters. The minimum Gasteiger partial charge on any atom is -0.480 e. The highest BCUT2D eigenvalue weighted by molar-refractivity contribution is 7.92. The number of hydrogen-bond acceptors (Lipinski definition) is 9. The number of aromatic nitrogens is 3. The highest BCUT2D eigenvalue weighted by Gasteiger charge is 2.38. The van der Waals surface area contributed by atoms with Gasteiger partial charge in [-0.15, -0.1) is 0 Å². The number of piperidine rings is 1. The maximum Gasteiger partial charge on any atom is 0.326 e. The van der Waals surface area contributed by atoms with Crippen LogP contribution in [-0.4, -0.2) is 71.3 Å². The first-order valence-electron chi connectivity index (χ1n) is 12.6.